The number of rotatable bonds is 6. The number of halogens is 3. The second-order valence-corrected chi connectivity index (χ2v) is 8.97. The summed E-state index contributed by atoms with van der Waals surface area (Å²) in [4.78, 5) is 12.0. The van der Waals surface area contributed by atoms with Crippen LogP contribution < -0.4 is 4.31 Å². The van der Waals surface area contributed by atoms with E-state index < -0.39 is 22.5 Å². The van der Waals surface area contributed by atoms with Gasteiger partial charge in [0, 0.05) is 8.95 Å². The highest BCUT2D eigenvalue weighted by atomic mass is 79.9. The van der Waals surface area contributed by atoms with E-state index in [1.54, 1.807) is 31.2 Å². The Morgan fingerprint density at radius 2 is 1.72 bits per heavy atom. The van der Waals surface area contributed by atoms with Crippen LogP contribution in [0.25, 0.3) is 0 Å². The number of hydrogen-bond donors (Lipinski definition) is 0. The van der Waals surface area contributed by atoms with Crippen molar-refractivity contribution in [3.8, 4) is 0 Å². The molecule has 2 rings (SSSR count). The van der Waals surface area contributed by atoms with Gasteiger partial charge in [-0.1, -0.05) is 43.5 Å². The third-order valence-corrected chi connectivity index (χ3v) is 6.26. The van der Waals surface area contributed by atoms with Gasteiger partial charge in [0.05, 0.1) is 22.2 Å². The summed E-state index contributed by atoms with van der Waals surface area (Å²) >= 11 is 12.7. The molecule has 0 amide bonds. The largest absolute Gasteiger partial charge is 0.465 e. The topological polar surface area (TPSA) is 63.7 Å². The molecule has 0 N–H and O–H groups in total. The normalized spacial score (nSPS) is 11.2. The van der Waals surface area contributed by atoms with Gasteiger partial charge in [-0.2, -0.15) is 0 Å². The molecule has 0 atom stereocenters. The van der Waals surface area contributed by atoms with Gasteiger partial charge < -0.3 is 4.74 Å². The highest BCUT2D eigenvalue weighted by Crippen LogP contribution is 2.33. The number of nitrogens with zero attached hydrogens (tertiary/aromatic N) is 1. The molecular formula is C16H14Br2ClNO4S. The lowest BCUT2D eigenvalue weighted by Gasteiger charge is -2.24. The Morgan fingerprint density at radius 3 is 2.28 bits per heavy atom. The van der Waals surface area contributed by atoms with Crippen molar-refractivity contribution in [2.45, 2.75) is 11.8 Å². The van der Waals surface area contributed by atoms with Gasteiger partial charge in [0.15, 0.2) is 0 Å². The second-order valence-electron chi connectivity index (χ2n) is 4.87. The van der Waals surface area contributed by atoms with Crippen LogP contribution in [0.1, 0.15) is 6.92 Å². The highest BCUT2D eigenvalue weighted by molar-refractivity contribution is 9.10. The van der Waals surface area contributed by atoms with E-state index in [0.717, 1.165) is 8.78 Å². The van der Waals surface area contributed by atoms with Crippen molar-refractivity contribution >= 4 is 65.1 Å². The zero-order chi connectivity index (χ0) is 18.6. The molecule has 9 heteroatoms. The van der Waals surface area contributed by atoms with E-state index in [2.05, 4.69) is 31.9 Å². The van der Waals surface area contributed by atoms with Crippen molar-refractivity contribution in [2.24, 2.45) is 0 Å². The standard InChI is InChI=1S/C16H14Br2ClNO4S/c1-2-24-16(21)10-20(15-8-5-12(18)9-14(15)19)25(22,23)13-6-3-11(17)4-7-13/h3-9H,2,10H2,1H3. The molecule has 0 heterocycles. The number of benzene rings is 2. The van der Waals surface area contributed by atoms with Gasteiger partial charge in [-0.05, 0) is 49.4 Å². The number of sulfonamides is 1. The molecule has 2 aromatic rings. The van der Waals surface area contributed by atoms with E-state index in [1.165, 1.54) is 18.2 Å². The van der Waals surface area contributed by atoms with Crippen LogP contribution in [0, 0.1) is 0 Å². The molecule has 0 fully saturated rings. The minimum atomic E-state index is -4.01. The number of anilines is 1. The number of esters is 1. The van der Waals surface area contributed by atoms with E-state index in [4.69, 9.17) is 16.3 Å². The fourth-order valence-electron chi connectivity index (χ4n) is 2.04. The van der Waals surface area contributed by atoms with Crippen molar-refractivity contribution in [1.82, 2.24) is 0 Å². The van der Waals surface area contributed by atoms with Gasteiger partial charge in [0.25, 0.3) is 10.0 Å². The van der Waals surface area contributed by atoms with Crippen LogP contribution in [0.15, 0.2) is 56.3 Å². The summed E-state index contributed by atoms with van der Waals surface area (Å²) in [6, 6.07) is 10.9. The van der Waals surface area contributed by atoms with Crippen LogP contribution in [-0.4, -0.2) is 27.5 Å². The molecule has 2 aromatic carbocycles. The number of carbonyl (C=O) groups excluding carboxylic acids is 1. The lowest BCUT2D eigenvalue weighted by molar-refractivity contribution is -0.141. The zero-order valence-corrected chi connectivity index (χ0v) is 17.8. The summed E-state index contributed by atoms with van der Waals surface area (Å²) in [5, 5.41) is 0.194. The number of carbonyl (C=O) groups is 1. The van der Waals surface area contributed by atoms with E-state index in [-0.39, 0.29) is 22.2 Å². The predicted octanol–water partition coefficient (Wildman–Crippen LogP) is 4.62. The Labute approximate surface area is 168 Å². The molecule has 0 radical (unpaired) electrons. The van der Waals surface area contributed by atoms with Gasteiger partial charge in [-0.15, -0.1) is 0 Å². The molecule has 5 nitrogen and oxygen atoms in total. The quantitative estimate of drug-likeness (QED) is 0.531. The zero-order valence-electron chi connectivity index (χ0n) is 13.1. The molecular weight excluding hydrogens is 498 g/mol. The molecule has 0 unspecified atom stereocenters. The minimum absolute atomic E-state index is 0.0407. The first-order valence-corrected chi connectivity index (χ1v) is 10.5. The van der Waals surface area contributed by atoms with Crippen molar-refractivity contribution in [3.63, 3.8) is 0 Å². The van der Waals surface area contributed by atoms with Crippen molar-refractivity contribution in [1.29, 1.82) is 0 Å². The third kappa shape index (κ3) is 4.97. The third-order valence-electron chi connectivity index (χ3n) is 3.16. The average Bonchev–Trinajstić information content (AvgIpc) is 2.54. The van der Waals surface area contributed by atoms with Crippen LogP contribution in [0.4, 0.5) is 5.69 Å². The molecule has 0 spiro atoms. The van der Waals surface area contributed by atoms with Crippen LogP contribution in [0.5, 0.6) is 0 Å². The van der Waals surface area contributed by atoms with Gasteiger partial charge in [0.1, 0.15) is 6.54 Å². The lowest BCUT2D eigenvalue weighted by Crippen LogP contribution is -2.36. The molecule has 0 saturated carbocycles. The van der Waals surface area contributed by atoms with Gasteiger partial charge in [0.2, 0.25) is 0 Å². The van der Waals surface area contributed by atoms with Crippen molar-refractivity contribution < 1.29 is 17.9 Å². The Hall–Kier alpha value is -1.09. The lowest BCUT2D eigenvalue weighted by atomic mass is 10.3. The van der Waals surface area contributed by atoms with E-state index in [9.17, 15) is 13.2 Å². The summed E-state index contributed by atoms with van der Waals surface area (Å²) in [5.41, 5.74) is 0.195. The predicted molar refractivity (Wildman–Crippen MR) is 104 cm³/mol. The fourth-order valence-corrected chi connectivity index (χ4v) is 4.56. The monoisotopic (exact) mass is 509 g/mol. The smallest absolute Gasteiger partial charge is 0.326 e. The maximum Gasteiger partial charge on any atom is 0.326 e. The van der Waals surface area contributed by atoms with Crippen molar-refractivity contribution in [2.75, 3.05) is 17.5 Å². The van der Waals surface area contributed by atoms with Gasteiger partial charge in [-0.25, -0.2) is 8.42 Å². The summed E-state index contributed by atoms with van der Waals surface area (Å²) < 4.78 is 33.4. The van der Waals surface area contributed by atoms with Crippen LogP contribution in [0.2, 0.25) is 5.02 Å². The molecule has 0 aromatic heterocycles. The first-order valence-electron chi connectivity index (χ1n) is 7.14. The van der Waals surface area contributed by atoms with Crippen LogP contribution in [0.3, 0.4) is 0 Å². The maximum absolute atomic E-state index is 13.1. The van der Waals surface area contributed by atoms with E-state index in [1.807, 2.05) is 0 Å². The molecule has 0 aliphatic heterocycles. The first-order chi connectivity index (χ1) is 11.8. The Kier molecular flexibility index (Phi) is 6.90. The molecule has 0 aliphatic rings. The van der Waals surface area contributed by atoms with Gasteiger partial charge >= 0.3 is 5.97 Å². The highest BCUT2D eigenvalue weighted by Gasteiger charge is 2.29. The van der Waals surface area contributed by atoms with Crippen LogP contribution in [-0.2, 0) is 19.6 Å². The molecule has 134 valence electrons. The van der Waals surface area contributed by atoms with E-state index in [0.29, 0.717) is 4.47 Å². The van der Waals surface area contributed by atoms with E-state index >= 15 is 0 Å². The molecule has 25 heavy (non-hydrogen) atoms. The Bertz CT molecular complexity index is 872. The maximum atomic E-state index is 13.1. The minimum Gasteiger partial charge on any atom is -0.465 e. The summed E-state index contributed by atoms with van der Waals surface area (Å²) in [6.45, 7) is 1.32. The molecule has 0 aliphatic carbocycles. The van der Waals surface area contributed by atoms with Crippen LogP contribution >= 0.6 is 43.5 Å². The fraction of sp³-hybridized carbons (Fsp3) is 0.188. The summed E-state index contributed by atoms with van der Waals surface area (Å²) in [5.74, 6) is -0.665. The second kappa shape index (κ2) is 8.53. The van der Waals surface area contributed by atoms with Crippen molar-refractivity contribution in [3.05, 3.63) is 56.4 Å². The Morgan fingerprint density at radius 1 is 1.12 bits per heavy atom. The SMILES string of the molecule is CCOC(=O)CN(c1ccc(Br)cc1Cl)S(=O)(=O)c1ccc(Br)cc1. The molecule has 0 bridgehead atoms. The van der Waals surface area contributed by atoms with Gasteiger partial charge in [-0.3, -0.25) is 9.10 Å². The summed E-state index contributed by atoms with van der Waals surface area (Å²) in [6.07, 6.45) is 0. The number of hydrogen-bond acceptors (Lipinski definition) is 4. The first kappa shape index (κ1) is 20.2. The number of ether oxygens (including phenoxy) is 1. The Balaban J connectivity index is 2.53. The molecule has 0 saturated heterocycles. The summed E-state index contributed by atoms with van der Waals surface area (Å²) in [7, 11) is -4.01. The average molecular weight is 512 g/mol.